The summed E-state index contributed by atoms with van der Waals surface area (Å²) in [6, 6.07) is 14.2. The third-order valence-electron chi connectivity index (χ3n) is 5.00. The highest BCUT2D eigenvalue weighted by Crippen LogP contribution is 2.26. The lowest BCUT2D eigenvalue weighted by molar-refractivity contribution is -0.138. The van der Waals surface area contributed by atoms with Crippen molar-refractivity contribution < 1.29 is 19.4 Å². The highest BCUT2D eigenvalue weighted by molar-refractivity contribution is 6.30. The van der Waals surface area contributed by atoms with Gasteiger partial charge in [0.1, 0.15) is 18.5 Å². The number of amides is 2. The number of nitrogens with zero attached hydrogens (tertiary/aromatic N) is 3. The smallest absolute Gasteiger partial charge is 0.236 e. The maximum atomic E-state index is 12.5. The Labute approximate surface area is 191 Å². The maximum Gasteiger partial charge on any atom is 0.236 e. The number of hydrogen-bond acceptors (Lipinski definition) is 6. The zero-order valence-electron chi connectivity index (χ0n) is 17.8. The van der Waals surface area contributed by atoms with Crippen LogP contribution in [0.25, 0.3) is 0 Å². The van der Waals surface area contributed by atoms with E-state index in [2.05, 4.69) is 10.2 Å². The van der Waals surface area contributed by atoms with Gasteiger partial charge < -0.3 is 20.1 Å². The van der Waals surface area contributed by atoms with Crippen LogP contribution in [0.4, 0.5) is 5.69 Å². The Bertz CT molecular complexity index is 1010. The molecule has 3 rings (SSSR count). The molecule has 0 saturated carbocycles. The molecule has 2 aromatic rings. The van der Waals surface area contributed by atoms with Gasteiger partial charge in [0.2, 0.25) is 11.8 Å². The Hall–Kier alpha value is -3.12. The molecule has 0 aliphatic carbocycles. The van der Waals surface area contributed by atoms with Gasteiger partial charge in [-0.2, -0.15) is 5.26 Å². The van der Waals surface area contributed by atoms with Gasteiger partial charge in [0.05, 0.1) is 23.9 Å². The van der Waals surface area contributed by atoms with E-state index in [1.54, 1.807) is 17.0 Å². The number of nitriles is 1. The summed E-state index contributed by atoms with van der Waals surface area (Å²) in [6.45, 7) is 3.60. The van der Waals surface area contributed by atoms with Crippen molar-refractivity contribution in [2.45, 2.75) is 19.6 Å². The molecule has 1 aliphatic heterocycles. The molecule has 0 aromatic heterocycles. The Kier molecular flexibility index (Phi) is 8.06. The number of aliphatic hydroxyl groups is 1. The highest BCUT2D eigenvalue weighted by atomic mass is 35.5. The number of anilines is 1. The second-order valence-electron chi connectivity index (χ2n) is 7.65. The van der Waals surface area contributed by atoms with Crippen molar-refractivity contribution in [2.24, 2.45) is 0 Å². The van der Waals surface area contributed by atoms with Crippen LogP contribution in [-0.2, 0) is 16.1 Å². The van der Waals surface area contributed by atoms with E-state index in [-0.39, 0.29) is 31.5 Å². The number of ether oxygens (including phenoxy) is 1. The lowest BCUT2D eigenvalue weighted by Gasteiger charge is -2.35. The van der Waals surface area contributed by atoms with Gasteiger partial charge in [-0.1, -0.05) is 23.7 Å². The third-order valence-corrected chi connectivity index (χ3v) is 5.25. The SMILES string of the molecule is CC(=O)Nc1cc(C#N)ccc1OC[C@H](O)CN1CCN(Cc2ccc(Cl)cc2)CC1=O. The van der Waals surface area contributed by atoms with Gasteiger partial charge in [0.15, 0.2) is 0 Å². The third kappa shape index (κ3) is 6.69. The standard InChI is InChI=1S/C23H25ClN4O4/c1-16(29)26-21-10-18(11-25)4-7-22(21)32-15-20(30)13-28-9-8-27(14-23(28)31)12-17-2-5-19(24)6-3-17/h2-7,10,20,30H,8-9,12-15H2,1H3,(H,26,29)/t20-/m1/s1. The zero-order chi connectivity index (χ0) is 23.1. The summed E-state index contributed by atoms with van der Waals surface area (Å²) in [5.41, 5.74) is 1.82. The number of nitrogens with one attached hydrogen (secondary N) is 1. The molecular weight excluding hydrogens is 432 g/mol. The summed E-state index contributed by atoms with van der Waals surface area (Å²) in [6.07, 6.45) is -0.900. The average Bonchev–Trinajstić information content (AvgIpc) is 2.76. The minimum atomic E-state index is -0.900. The summed E-state index contributed by atoms with van der Waals surface area (Å²) in [5.74, 6) is -0.00788. The number of piperazine rings is 1. The normalized spacial score (nSPS) is 15.2. The molecule has 1 heterocycles. The number of carbonyl (C=O) groups is 2. The van der Waals surface area contributed by atoms with Gasteiger partial charge in [0.25, 0.3) is 0 Å². The molecule has 2 aromatic carbocycles. The van der Waals surface area contributed by atoms with Crippen molar-refractivity contribution in [2.75, 3.05) is 38.1 Å². The number of rotatable bonds is 8. The van der Waals surface area contributed by atoms with Crippen LogP contribution in [0.5, 0.6) is 5.75 Å². The van der Waals surface area contributed by atoms with E-state index in [1.165, 1.54) is 13.0 Å². The van der Waals surface area contributed by atoms with Gasteiger partial charge in [-0.15, -0.1) is 0 Å². The van der Waals surface area contributed by atoms with Gasteiger partial charge in [-0.25, -0.2) is 0 Å². The lowest BCUT2D eigenvalue weighted by atomic mass is 10.2. The second-order valence-corrected chi connectivity index (χ2v) is 8.08. The predicted molar refractivity (Wildman–Crippen MR) is 120 cm³/mol. The van der Waals surface area contributed by atoms with Crippen LogP contribution in [0, 0.1) is 11.3 Å². The molecule has 2 N–H and O–H groups in total. The van der Waals surface area contributed by atoms with Crippen LogP contribution in [0.2, 0.25) is 5.02 Å². The Morgan fingerprint density at radius 2 is 2.03 bits per heavy atom. The van der Waals surface area contributed by atoms with Crippen molar-refractivity contribution in [3.05, 3.63) is 58.6 Å². The van der Waals surface area contributed by atoms with Crippen molar-refractivity contribution in [1.29, 1.82) is 5.26 Å². The van der Waals surface area contributed by atoms with E-state index in [4.69, 9.17) is 21.6 Å². The minimum absolute atomic E-state index is 0.0541. The Morgan fingerprint density at radius 3 is 2.69 bits per heavy atom. The summed E-state index contributed by atoms with van der Waals surface area (Å²) >= 11 is 5.91. The lowest BCUT2D eigenvalue weighted by Crippen LogP contribution is -2.52. The first kappa shape index (κ1) is 23.5. The predicted octanol–water partition coefficient (Wildman–Crippen LogP) is 2.25. The van der Waals surface area contributed by atoms with E-state index in [0.717, 1.165) is 5.56 Å². The fraction of sp³-hybridized carbons (Fsp3) is 0.348. The average molecular weight is 457 g/mol. The molecule has 1 atom stereocenters. The van der Waals surface area contributed by atoms with E-state index in [0.29, 0.717) is 41.7 Å². The Balaban J connectivity index is 1.50. The van der Waals surface area contributed by atoms with Crippen LogP contribution in [0.3, 0.4) is 0 Å². The van der Waals surface area contributed by atoms with Gasteiger partial charge in [0, 0.05) is 38.1 Å². The first-order chi connectivity index (χ1) is 15.3. The van der Waals surface area contributed by atoms with Crippen LogP contribution in [0.1, 0.15) is 18.1 Å². The highest BCUT2D eigenvalue weighted by Gasteiger charge is 2.26. The van der Waals surface area contributed by atoms with Gasteiger partial charge in [-0.3, -0.25) is 14.5 Å². The van der Waals surface area contributed by atoms with E-state index < -0.39 is 6.10 Å². The molecule has 2 amide bonds. The van der Waals surface area contributed by atoms with Crippen LogP contribution in [-0.4, -0.2) is 65.6 Å². The van der Waals surface area contributed by atoms with Crippen LogP contribution >= 0.6 is 11.6 Å². The molecule has 1 aliphatic rings. The van der Waals surface area contributed by atoms with Crippen molar-refractivity contribution in [1.82, 2.24) is 9.80 Å². The Morgan fingerprint density at radius 1 is 1.28 bits per heavy atom. The quantitative estimate of drug-likeness (QED) is 0.631. The van der Waals surface area contributed by atoms with Crippen LogP contribution < -0.4 is 10.1 Å². The number of carbonyl (C=O) groups excluding carboxylic acids is 2. The molecule has 168 valence electrons. The first-order valence-corrected chi connectivity index (χ1v) is 10.6. The molecule has 0 radical (unpaired) electrons. The van der Waals surface area contributed by atoms with Crippen molar-refractivity contribution >= 4 is 29.1 Å². The fourth-order valence-corrected chi connectivity index (χ4v) is 3.57. The summed E-state index contributed by atoms with van der Waals surface area (Å²) in [4.78, 5) is 27.6. The van der Waals surface area contributed by atoms with E-state index >= 15 is 0 Å². The molecule has 1 saturated heterocycles. The minimum Gasteiger partial charge on any atom is -0.489 e. The van der Waals surface area contributed by atoms with Crippen molar-refractivity contribution in [3.8, 4) is 11.8 Å². The molecule has 8 nitrogen and oxygen atoms in total. The first-order valence-electron chi connectivity index (χ1n) is 10.2. The fourth-order valence-electron chi connectivity index (χ4n) is 3.44. The van der Waals surface area contributed by atoms with E-state index in [9.17, 15) is 14.7 Å². The summed E-state index contributed by atoms with van der Waals surface area (Å²) < 4.78 is 5.65. The monoisotopic (exact) mass is 456 g/mol. The molecule has 0 spiro atoms. The molecule has 1 fully saturated rings. The molecule has 0 bridgehead atoms. The van der Waals surface area contributed by atoms with Crippen molar-refractivity contribution in [3.63, 3.8) is 0 Å². The van der Waals surface area contributed by atoms with E-state index in [1.807, 2.05) is 30.3 Å². The largest absolute Gasteiger partial charge is 0.489 e. The summed E-state index contributed by atoms with van der Waals surface area (Å²) in [7, 11) is 0. The number of hydrogen-bond donors (Lipinski definition) is 2. The van der Waals surface area contributed by atoms with Gasteiger partial charge >= 0.3 is 0 Å². The molecular formula is C23H25ClN4O4. The topological polar surface area (TPSA) is 106 Å². The zero-order valence-corrected chi connectivity index (χ0v) is 18.5. The second kappa shape index (κ2) is 11.0. The number of halogens is 1. The molecule has 32 heavy (non-hydrogen) atoms. The number of benzene rings is 2. The molecule has 9 heteroatoms. The summed E-state index contributed by atoms with van der Waals surface area (Å²) in [5, 5.41) is 22.7. The molecule has 0 unspecified atom stereocenters. The number of aliphatic hydroxyl groups excluding tert-OH is 1. The number of β-amino-alcohol motifs (C(OH)–C–C–N with tert-alkyl or cyclic N) is 1. The maximum absolute atomic E-state index is 12.5. The van der Waals surface area contributed by atoms with Crippen LogP contribution in [0.15, 0.2) is 42.5 Å². The van der Waals surface area contributed by atoms with Gasteiger partial charge in [-0.05, 0) is 35.9 Å².